The number of anilines is 1. The lowest BCUT2D eigenvalue weighted by Crippen LogP contribution is -2.32. The lowest BCUT2D eigenvalue weighted by atomic mass is 10.0. The molecule has 0 saturated heterocycles. The number of para-hydroxylation sites is 1. The Labute approximate surface area is 187 Å². The molecule has 4 rings (SSSR count). The Bertz CT molecular complexity index is 1210. The summed E-state index contributed by atoms with van der Waals surface area (Å²) in [5, 5.41) is 0.738. The number of carbonyl (C=O) groups is 1. The number of carbonyl (C=O) groups excluding carboxylic acids is 1. The molecule has 0 fully saturated rings. The zero-order valence-corrected chi connectivity index (χ0v) is 19.2. The van der Waals surface area contributed by atoms with Gasteiger partial charge in [-0.25, -0.2) is 4.98 Å². The average molecular weight is 430 g/mol. The Morgan fingerprint density at radius 3 is 2.68 bits per heavy atom. The number of benzene rings is 2. The fourth-order valence-corrected chi connectivity index (χ4v) is 4.74. The molecule has 2 heterocycles. The average Bonchev–Trinajstić information content (AvgIpc) is 3.19. The van der Waals surface area contributed by atoms with Gasteiger partial charge in [0.15, 0.2) is 5.13 Å². The molecule has 0 spiro atoms. The number of hydrogen-bond donors (Lipinski definition) is 0. The van der Waals surface area contributed by atoms with E-state index in [9.17, 15) is 4.79 Å². The van der Waals surface area contributed by atoms with Crippen molar-refractivity contribution in [2.45, 2.75) is 46.6 Å². The van der Waals surface area contributed by atoms with E-state index in [1.165, 1.54) is 5.56 Å². The van der Waals surface area contributed by atoms with Crippen molar-refractivity contribution in [1.82, 2.24) is 9.97 Å². The van der Waals surface area contributed by atoms with Crippen LogP contribution in [0.3, 0.4) is 0 Å². The van der Waals surface area contributed by atoms with E-state index in [1.54, 1.807) is 17.5 Å². The molecule has 0 atom stereocenters. The van der Waals surface area contributed by atoms with E-state index >= 15 is 0 Å². The first kappa shape index (κ1) is 21.2. The van der Waals surface area contributed by atoms with E-state index in [4.69, 9.17) is 4.98 Å². The van der Waals surface area contributed by atoms with Crippen LogP contribution in [-0.2, 0) is 17.8 Å². The van der Waals surface area contributed by atoms with Crippen LogP contribution in [-0.4, -0.2) is 15.9 Å². The monoisotopic (exact) mass is 429 g/mol. The van der Waals surface area contributed by atoms with Crippen LogP contribution < -0.4 is 4.90 Å². The summed E-state index contributed by atoms with van der Waals surface area (Å²) in [4.78, 5) is 24.5. The van der Waals surface area contributed by atoms with Crippen molar-refractivity contribution >= 4 is 32.6 Å². The molecule has 158 valence electrons. The van der Waals surface area contributed by atoms with Gasteiger partial charge in [-0.15, -0.1) is 0 Å². The maximum atomic E-state index is 13.5. The van der Waals surface area contributed by atoms with E-state index in [2.05, 4.69) is 69.1 Å². The summed E-state index contributed by atoms with van der Waals surface area (Å²) in [6.45, 7) is 8.91. The predicted molar refractivity (Wildman–Crippen MR) is 129 cm³/mol. The van der Waals surface area contributed by atoms with Crippen molar-refractivity contribution in [2.75, 3.05) is 4.90 Å². The summed E-state index contributed by atoms with van der Waals surface area (Å²) >= 11 is 1.58. The molecule has 4 nitrogen and oxygen atoms in total. The van der Waals surface area contributed by atoms with E-state index in [1.807, 2.05) is 23.2 Å². The third kappa shape index (κ3) is 4.67. The maximum Gasteiger partial charge on any atom is 0.233 e. The Kier molecular flexibility index (Phi) is 6.14. The highest BCUT2D eigenvalue weighted by molar-refractivity contribution is 7.22. The van der Waals surface area contributed by atoms with E-state index < -0.39 is 0 Å². The van der Waals surface area contributed by atoms with Gasteiger partial charge in [0, 0.05) is 12.4 Å². The standard InChI is InChI=1S/C26H27N3OS/c1-17(2)22-8-5-9-23-25(22)28-26(31-23)29(16-20-7-6-12-27-15-20)24(30)14-21-13-18(3)10-11-19(21)4/h5-13,15,17H,14,16H2,1-4H3. The first-order valence-electron chi connectivity index (χ1n) is 10.6. The lowest BCUT2D eigenvalue weighted by molar-refractivity contribution is -0.118. The highest BCUT2D eigenvalue weighted by atomic mass is 32.1. The van der Waals surface area contributed by atoms with Gasteiger partial charge in [0.1, 0.15) is 0 Å². The molecule has 4 aromatic rings. The number of aromatic nitrogens is 2. The number of aryl methyl sites for hydroxylation is 2. The largest absolute Gasteiger partial charge is 0.283 e. The van der Waals surface area contributed by atoms with Crippen LogP contribution in [0.4, 0.5) is 5.13 Å². The van der Waals surface area contributed by atoms with Crippen LogP contribution in [0.1, 0.15) is 47.6 Å². The molecule has 0 N–H and O–H groups in total. The first-order valence-corrected chi connectivity index (χ1v) is 11.4. The Hall–Kier alpha value is -3.05. The lowest BCUT2D eigenvalue weighted by Gasteiger charge is -2.20. The number of fused-ring (bicyclic) bond motifs is 1. The van der Waals surface area contributed by atoms with Gasteiger partial charge >= 0.3 is 0 Å². The zero-order valence-electron chi connectivity index (χ0n) is 18.4. The molecule has 2 aromatic heterocycles. The zero-order chi connectivity index (χ0) is 22.0. The quantitative estimate of drug-likeness (QED) is 0.366. The summed E-state index contributed by atoms with van der Waals surface area (Å²) < 4.78 is 1.11. The Morgan fingerprint density at radius 2 is 1.94 bits per heavy atom. The second-order valence-corrected chi connectivity index (χ2v) is 9.30. The van der Waals surface area contributed by atoms with Gasteiger partial charge in [-0.05, 0) is 54.2 Å². The Morgan fingerprint density at radius 1 is 1.10 bits per heavy atom. The minimum atomic E-state index is 0.0442. The molecular weight excluding hydrogens is 402 g/mol. The number of nitrogens with zero attached hydrogens (tertiary/aromatic N) is 3. The van der Waals surface area contributed by atoms with Crippen molar-refractivity contribution in [3.05, 3.63) is 88.7 Å². The summed E-state index contributed by atoms with van der Waals surface area (Å²) in [7, 11) is 0. The van der Waals surface area contributed by atoms with Crippen molar-refractivity contribution < 1.29 is 4.79 Å². The van der Waals surface area contributed by atoms with Crippen LogP contribution in [0.25, 0.3) is 10.2 Å². The summed E-state index contributed by atoms with van der Waals surface area (Å²) in [5.41, 5.74) is 6.54. The number of amides is 1. The third-order valence-electron chi connectivity index (χ3n) is 5.50. The summed E-state index contributed by atoms with van der Waals surface area (Å²) in [5.74, 6) is 0.416. The van der Waals surface area contributed by atoms with E-state index in [0.29, 0.717) is 18.9 Å². The molecule has 5 heteroatoms. The van der Waals surface area contributed by atoms with Gasteiger partial charge in [0.05, 0.1) is 23.2 Å². The molecule has 0 aliphatic carbocycles. The van der Waals surface area contributed by atoms with Crippen molar-refractivity contribution in [3.63, 3.8) is 0 Å². The molecule has 0 bridgehead atoms. The third-order valence-corrected chi connectivity index (χ3v) is 6.55. The van der Waals surface area contributed by atoms with Gasteiger partial charge in [-0.1, -0.05) is 67.1 Å². The minimum absolute atomic E-state index is 0.0442. The normalized spacial score (nSPS) is 11.3. The predicted octanol–water partition coefficient (Wildman–Crippen LogP) is 6.21. The van der Waals surface area contributed by atoms with Crippen LogP contribution in [0.2, 0.25) is 0 Å². The second-order valence-electron chi connectivity index (χ2n) is 8.29. The smallest absolute Gasteiger partial charge is 0.233 e. The molecule has 0 unspecified atom stereocenters. The van der Waals surface area contributed by atoms with E-state index in [-0.39, 0.29) is 5.91 Å². The molecule has 31 heavy (non-hydrogen) atoms. The maximum absolute atomic E-state index is 13.5. The van der Waals surface area contributed by atoms with Crippen LogP contribution in [0.5, 0.6) is 0 Å². The molecule has 0 aliphatic rings. The van der Waals surface area contributed by atoms with Gasteiger partial charge in [-0.3, -0.25) is 14.7 Å². The van der Waals surface area contributed by atoms with Crippen LogP contribution in [0, 0.1) is 13.8 Å². The van der Waals surface area contributed by atoms with Gasteiger partial charge in [-0.2, -0.15) is 0 Å². The topological polar surface area (TPSA) is 46.1 Å². The van der Waals surface area contributed by atoms with Crippen molar-refractivity contribution in [2.24, 2.45) is 0 Å². The molecular formula is C26H27N3OS. The second kappa shape index (κ2) is 8.98. The summed E-state index contributed by atoms with van der Waals surface area (Å²) in [6.07, 6.45) is 3.91. The van der Waals surface area contributed by atoms with Crippen molar-refractivity contribution in [1.29, 1.82) is 0 Å². The van der Waals surface area contributed by atoms with Crippen LogP contribution in [0.15, 0.2) is 60.9 Å². The van der Waals surface area contributed by atoms with Crippen LogP contribution >= 0.6 is 11.3 Å². The molecule has 0 aliphatic heterocycles. The van der Waals surface area contributed by atoms with E-state index in [0.717, 1.165) is 37.6 Å². The van der Waals surface area contributed by atoms with Gasteiger partial charge < -0.3 is 0 Å². The number of thiazole rings is 1. The summed E-state index contributed by atoms with van der Waals surface area (Å²) in [6, 6.07) is 16.4. The van der Waals surface area contributed by atoms with Crippen molar-refractivity contribution in [3.8, 4) is 0 Å². The number of hydrogen-bond acceptors (Lipinski definition) is 4. The molecule has 0 radical (unpaired) electrons. The SMILES string of the molecule is Cc1ccc(C)c(CC(=O)N(Cc2cccnc2)c2nc3c(C(C)C)cccc3s2)c1. The minimum Gasteiger partial charge on any atom is -0.283 e. The molecule has 1 amide bonds. The first-order chi connectivity index (χ1) is 14.9. The molecule has 2 aromatic carbocycles. The fourth-order valence-electron chi connectivity index (χ4n) is 3.73. The Balaban J connectivity index is 1.74. The highest BCUT2D eigenvalue weighted by Gasteiger charge is 2.22. The fraction of sp³-hybridized carbons (Fsp3) is 0.269. The highest BCUT2D eigenvalue weighted by Crippen LogP contribution is 2.34. The van der Waals surface area contributed by atoms with Gasteiger partial charge in [0.2, 0.25) is 5.91 Å². The number of pyridine rings is 1. The number of rotatable bonds is 6. The molecule has 0 saturated carbocycles. The van der Waals surface area contributed by atoms with Gasteiger partial charge in [0.25, 0.3) is 0 Å².